The van der Waals surface area contributed by atoms with Gasteiger partial charge in [0, 0.05) is 32.6 Å². The Morgan fingerprint density at radius 1 is 1.12 bits per heavy atom. The number of rotatable bonds is 7. The van der Waals surface area contributed by atoms with E-state index in [0.29, 0.717) is 35.5 Å². The maximum Gasteiger partial charge on any atom is 0.284 e. The van der Waals surface area contributed by atoms with Gasteiger partial charge in [-0.15, -0.1) is 10.2 Å². The molecule has 0 saturated carbocycles. The Hall–Kier alpha value is -2.76. The van der Waals surface area contributed by atoms with Gasteiger partial charge in [-0.25, -0.2) is 8.42 Å². The molecule has 0 atom stereocenters. The number of hydrogen-bond acceptors (Lipinski definition) is 7. The Morgan fingerprint density at radius 2 is 1.82 bits per heavy atom. The van der Waals surface area contributed by atoms with E-state index in [9.17, 15) is 18.5 Å². The second-order valence-electron chi connectivity index (χ2n) is 8.20. The van der Waals surface area contributed by atoms with Crippen LogP contribution in [0, 0.1) is 16.0 Å². The molecule has 1 aliphatic heterocycles. The smallest absolute Gasteiger partial charge is 0.284 e. The number of nitro benzene ring substituents is 1. The van der Waals surface area contributed by atoms with Crippen molar-refractivity contribution in [1.82, 2.24) is 19.1 Å². The van der Waals surface area contributed by atoms with Crippen LogP contribution >= 0.6 is 11.8 Å². The van der Waals surface area contributed by atoms with Crippen molar-refractivity contribution < 1.29 is 13.3 Å². The maximum absolute atomic E-state index is 13.0. The lowest BCUT2D eigenvalue weighted by Gasteiger charge is -2.29. The number of benzene rings is 2. The highest BCUT2D eigenvalue weighted by Crippen LogP contribution is 2.36. The number of aromatic nitrogens is 3. The molecular formula is C22H25N5O4S2. The summed E-state index contributed by atoms with van der Waals surface area (Å²) in [4.78, 5) is 11.5. The van der Waals surface area contributed by atoms with Crippen LogP contribution in [0.2, 0.25) is 0 Å². The van der Waals surface area contributed by atoms with Crippen molar-refractivity contribution in [2.45, 2.75) is 41.1 Å². The van der Waals surface area contributed by atoms with Gasteiger partial charge in [-0.1, -0.05) is 37.3 Å². The summed E-state index contributed by atoms with van der Waals surface area (Å²) in [7, 11) is -1.98. The first-order valence-corrected chi connectivity index (χ1v) is 12.9. The van der Waals surface area contributed by atoms with Gasteiger partial charge in [0.2, 0.25) is 10.0 Å². The van der Waals surface area contributed by atoms with Crippen LogP contribution in [0.1, 0.15) is 31.2 Å². The van der Waals surface area contributed by atoms with E-state index in [4.69, 9.17) is 0 Å². The van der Waals surface area contributed by atoms with Crippen molar-refractivity contribution in [2.75, 3.05) is 13.1 Å². The molecule has 3 aromatic rings. The molecule has 4 rings (SSSR count). The standard InChI is InChI=1S/C22H25N5O4S2/c1-16-10-12-26(13-11-16)33(30,31)18-8-9-20(19(15-18)27(28)29)32-22-24-23-21(25(22)2)14-17-6-4-3-5-7-17/h3-9,15-16H,10-14H2,1-2H3. The average Bonchev–Trinajstić information content (AvgIpc) is 3.13. The van der Waals surface area contributed by atoms with Gasteiger partial charge in [-0.3, -0.25) is 10.1 Å². The fraction of sp³-hybridized carbons (Fsp3) is 0.364. The zero-order valence-electron chi connectivity index (χ0n) is 18.4. The highest BCUT2D eigenvalue weighted by Gasteiger charge is 2.30. The Bertz CT molecular complexity index is 1250. The van der Waals surface area contributed by atoms with E-state index in [2.05, 4.69) is 17.1 Å². The summed E-state index contributed by atoms with van der Waals surface area (Å²) in [6.07, 6.45) is 2.15. The third kappa shape index (κ3) is 5.10. The highest BCUT2D eigenvalue weighted by atomic mass is 32.2. The van der Waals surface area contributed by atoms with E-state index in [1.165, 1.54) is 16.4 Å². The van der Waals surface area contributed by atoms with E-state index >= 15 is 0 Å². The summed E-state index contributed by atoms with van der Waals surface area (Å²) < 4.78 is 29.3. The number of hydrogen-bond donors (Lipinski definition) is 0. The Balaban J connectivity index is 1.59. The van der Waals surface area contributed by atoms with Crippen molar-refractivity contribution in [2.24, 2.45) is 13.0 Å². The molecular weight excluding hydrogens is 462 g/mol. The molecule has 0 unspecified atom stereocenters. The van der Waals surface area contributed by atoms with Crippen LogP contribution in [-0.4, -0.2) is 45.5 Å². The van der Waals surface area contributed by atoms with Crippen LogP contribution < -0.4 is 0 Å². The molecule has 0 N–H and O–H groups in total. The SMILES string of the molecule is CC1CCN(S(=O)(=O)c2ccc(Sc3nnc(Cc4ccccc4)n3C)c([N+](=O)[O-])c2)CC1. The average molecular weight is 488 g/mol. The molecule has 1 aliphatic rings. The number of nitrogens with zero attached hydrogens (tertiary/aromatic N) is 5. The minimum Gasteiger partial charge on any atom is -0.309 e. The fourth-order valence-corrected chi connectivity index (χ4v) is 6.11. The van der Waals surface area contributed by atoms with Crippen molar-refractivity contribution in [3.05, 3.63) is 70.0 Å². The lowest BCUT2D eigenvalue weighted by atomic mass is 10.0. The minimum absolute atomic E-state index is 0.0594. The van der Waals surface area contributed by atoms with Crippen LogP contribution in [0.4, 0.5) is 5.69 Å². The van der Waals surface area contributed by atoms with E-state index in [0.717, 1.165) is 42.1 Å². The first-order chi connectivity index (χ1) is 15.8. The van der Waals surface area contributed by atoms with Gasteiger partial charge in [0.15, 0.2) is 5.16 Å². The summed E-state index contributed by atoms with van der Waals surface area (Å²) in [5.74, 6) is 1.20. The molecule has 9 nitrogen and oxygen atoms in total. The minimum atomic E-state index is -3.78. The number of nitro groups is 1. The first-order valence-electron chi connectivity index (χ1n) is 10.6. The fourth-order valence-electron chi connectivity index (χ4n) is 3.73. The van der Waals surface area contributed by atoms with Gasteiger partial charge in [0.1, 0.15) is 5.82 Å². The van der Waals surface area contributed by atoms with Gasteiger partial charge in [0.05, 0.1) is 14.7 Å². The maximum atomic E-state index is 13.0. The van der Waals surface area contributed by atoms with Gasteiger partial charge in [-0.2, -0.15) is 4.31 Å². The highest BCUT2D eigenvalue weighted by molar-refractivity contribution is 7.99. The zero-order valence-corrected chi connectivity index (χ0v) is 20.1. The lowest BCUT2D eigenvalue weighted by Crippen LogP contribution is -2.37. The quantitative estimate of drug-likeness (QED) is 0.367. The van der Waals surface area contributed by atoms with Gasteiger partial charge < -0.3 is 4.57 Å². The summed E-state index contributed by atoms with van der Waals surface area (Å²) in [5.41, 5.74) is 0.816. The molecule has 0 amide bonds. The lowest BCUT2D eigenvalue weighted by molar-refractivity contribution is -0.388. The van der Waals surface area contributed by atoms with E-state index in [1.54, 1.807) is 4.57 Å². The summed E-state index contributed by atoms with van der Waals surface area (Å²) in [6, 6.07) is 13.9. The monoisotopic (exact) mass is 487 g/mol. The topological polar surface area (TPSA) is 111 Å². The molecule has 0 radical (unpaired) electrons. The van der Waals surface area contributed by atoms with Gasteiger partial charge >= 0.3 is 0 Å². The van der Waals surface area contributed by atoms with Crippen molar-refractivity contribution in [3.63, 3.8) is 0 Å². The molecule has 1 fully saturated rings. The van der Waals surface area contributed by atoms with Crippen LogP contribution in [0.15, 0.2) is 63.5 Å². The predicted octanol–water partition coefficient (Wildman–Crippen LogP) is 3.89. The number of sulfonamides is 1. The third-order valence-electron chi connectivity index (χ3n) is 5.84. The Kier molecular flexibility index (Phi) is 6.82. The van der Waals surface area contributed by atoms with Crippen LogP contribution in [0.25, 0.3) is 0 Å². The molecule has 0 spiro atoms. The summed E-state index contributed by atoms with van der Waals surface area (Å²) in [5, 5.41) is 20.7. The predicted molar refractivity (Wildman–Crippen MR) is 125 cm³/mol. The van der Waals surface area contributed by atoms with Crippen molar-refractivity contribution in [1.29, 1.82) is 0 Å². The van der Waals surface area contributed by atoms with E-state index in [-0.39, 0.29) is 10.6 Å². The summed E-state index contributed by atoms with van der Waals surface area (Å²) >= 11 is 1.10. The molecule has 2 aromatic carbocycles. The molecule has 2 heterocycles. The molecule has 0 aliphatic carbocycles. The van der Waals surface area contributed by atoms with Gasteiger partial charge in [0.25, 0.3) is 5.69 Å². The Labute approximate surface area is 197 Å². The van der Waals surface area contributed by atoms with Crippen LogP contribution in [0.5, 0.6) is 0 Å². The molecule has 11 heteroatoms. The first kappa shape index (κ1) is 23.4. The van der Waals surface area contributed by atoms with Gasteiger partial charge in [-0.05, 0) is 48.2 Å². The molecule has 174 valence electrons. The number of piperidine rings is 1. The zero-order chi connectivity index (χ0) is 23.6. The van der Waals surface area contributed by atoms with E-state index in [1.807, 2.05) is 37.4 Å². The molecule has 0 bridgehead atoms. The summed E-state index contributed by atoms with van der Waals surface area (Å²) in [6.45, 7) is 2.95. The largest absolute Gasteiger partial charge is 0.309 e. The van der Waals surface area contributed by atoms with Crippen LogP contribution in [0.3, 0.4) is 0 Å². The second kappa shape index (κ2) is 9.62. The molecule has 33 heavy (non-hydrogen) atoms. The van der Waals surface area contributed by atoms with Crippen molar-refractivity contribution >= 4 is 27.5 Å². The van der Waals surface area contributed by atoms with Crippen molar-refractivity contribution in [3.8, 4) is 0 Å². The normalized spacial score (nSPS) is 15.6. The Morgan fingerprint density at radius 3 is 2.48 bits per heavy atom. The van der Waals surface area contributed by atoms with E-state index < -0.39 is 14.9 Å². The molecule has 1 saturated heterocycles. The molecule has 1 aromatic heterocycles. The second-order valence-corrected chi connectivity index (χ2v) is 11.1. The van der Waals surface area contributed by atoms with Crippen LogP contribution in [-0.2, 0) is 23.5 Å². The third-order valence-corrected chi connectivity index (χ3v) is 8.84.